The summed E-state index contributed by atoms with van der Waals surface area (Å²) in [6, 6.07) is 8.49. The van der Waals surface area contributed by atoms with Crippen LogP contribution in [0.15, 0.2) is 30.3 Å². The minimum atomic E-state index is -0.801. The van der Waals surface area contributed by atoms with Crippen molar-refractivity contribution in [3.63, 3.8) is 0 Å². The number of esters is 1. The molecule has 2 N–H and O–H groups in total. The van der Waals surface area contributed by atoms with Crippen LogP contribution in [0.2, 0.25) is 0 Å². The van der Waals surface area contributed by atoms with Gasteiger partial charge in [-0.15, -0.1) is 0 Å². The lowest BCUT2D eigenvalue weighted by Crippen LogP contribution is -2.47. The number of carbonyl (C=O) groups is 3. The van der Waals surface area contributed by atoms with Crippen molar-refractivity contribution in [2.75, 3.05) is 0 Å². The molecule has 2 atom stereocenters. The van der Waals surface area contributed by atoms with E-state index in [4.69, 9.17) is 14.6 Å². The van der Waals surface area contributed by atoms with Crippen LogP contribution in [0.5, 0.6) is 0 Å². The first-order valence-electron chi connectivity index (χ1n) is 9.81. The molecule has 1 aliphatic rings. The number of carbonyl (C=O) groups excluding carboxylic acids is 2. The zero-order valence-corrected chi connectivity index (χ0v) is 16.4. The predicted octanol–water partition coefficient (Wildman–Crippen LogP) is 3.51. The largest absolute Gasteiger partial charge is 0.481 e. The quantitative estimate of drug-likeness (QED) is 0.658. The molecule has 28 heavy (non-hydrogen) atoms. The van der Waals surface area contributed by atoms with Gasteiger partial charge in [0.25, 0.3) is 0 Å². The number of benzene rings is 1. The Hall–Kier alpha value is -2.57. The maximum absolute atomic E-state index is 12.6. The van der Waals surface area contributed by atoms with Crippen molar-refractivity contribution >= 4 is 18.0 Å². The number of carboxylic acids is 1. The normalized spacial score (nSPS) is 21.2. The topological polar surface area (TPSA) is 102 Å². The summed E-state index contributed by atoms with van der Waals surface area (Å²) in [5.41, 5.74) is 0.857. The maximum atomic E-state index is 12.6. The summed E-state index contributed by atoms with van der Waals surface area (Å²) in [6.45, 7) is 3.92. The Morgan fingerprint density at radius 3 is 2.36 bits per heavy atom. The number of aliphatic carboxylic acids is 1. The zero-order valence-electron chi connectivity index (χ0n) is 16.4. The first-order chi connectivity index (χ1) is 13.4. The first-order valence-corrected chi connectivity index (χ1v) is 9.81. The van der Waals surface area contributed by atoms with Crippen molar-refractivity contribution in [2.45, 2.75) is 64.7 Å². The van der Waals surface area contributed by atoms with Gasteiger partial charge in [0, 0.05) is 0 Å². The molecule has 0 saturated heterocycles. The molecule has 1 saturated carbocycles. The van der Waals surface area contributed by atoms with Gasteiger partial charge in [-0.2, -0.15) is 0 Å². The highest BCUT2D eigenvalue weighted by Gasteiger charge is 2.32. The number of carboxylic acid groups (broad SMARTS) is 1. The molecule has 0 unspecified atom stereocenters. The fourth-order valence-corrected chi connectivity index (χ4v) is 3.23. The number of alkyl carbamates (subject to hydrolysis) is 1. The predicted molar refractivity (Wildman–Crippen MR) is 102 cm³/mol. The highest BCUT2D eigenvalue weighted by molar-refractivity contribution is 5.81. The van der Waals surface area contributed by atoms with Crippen LogP contribution in [-0.4, -0.2) is 35.3 Å². The van der Waals surface area contributed by atoms with Crippen LogP contribution in [0.4, 0.5) is 4.79 Å². The van der Waals surface area contributed by atoms with Crippen molar-refractivity contribution in [1.82, 2.24) is 5.32 Å². The molecular formula is C21H29NO6. The second-order valence-corrected chi connectivity index (χ2v) is 7.32. The summed E-state index contributed by atoms with van der Waals surface area (Å²) >= 11 is 0. The summed E-state index contributed by atoms with van der Waals surface area (Å²) in [5.74, 6) is -1.78. The van der Waals surface area contributed by atoms with E-state index in [1.807, 2.05) is 44.2 Å². The van der Waals surface area contributed by atoms with Gasteiger partial charge in [-0.25, -0.2) is 9.59 Å². The molecule has 0 bridgehead atoms. The van der Waals surface area contributed by atoms with Crippen molar-refractivity contribution in [3.8, 4) is 0 Å². The molecule has 0 aliphatic heterocycles. The summed E-state index contributed by atoms with van der Waals surface area (Å²) in [4.78, 5) is 35.8. The standard InChI is InChI=1S/C21H29NO6/c1-3-14(2)18(22-21(26)27-13-15-7-5-4-6-8-15)20(25)28-17-11-9-16(10-12-17)19(23)24/h4-8,14,16-18H,3,9-13H2,1-2H3,(H,22,26)(H,23,24)/t14-,16?,17?,18-/m0/s1. The molecule has 0 radical (unpaired) electrons. The van der Waals surface area contributed by atoms with Gasteiger partial charge in [0.2, 0.25) is 0 Å². The number of hydrogen-bond donors (Lipinski definition) is 2. The smallest absolute Gasteiger partial charge is 0.408 e. The van der Waals surface area contributed by atoms with Crippen LogP contribution in [0.3, 0.4) is 0 Å². The van der Waals surface area contributed by atoms with E-state index in [2.05, 4.69) is 5.32 Å². The molecule has 2 rings (SSSR count). The van der Waals surface area contributed by atoms with E-state index in [1.165, 1.54) is 0 Å². The monoisotopic (exact) mass is 391 g/mol. The Morgan fingerprint density at radius 1 is 1.14 bits per heavy atom. The van der Waals surface area contributed by atoms with Gasteiger partial charge in [0.1, 0.15) is 18.8 Å². The Morgan fingerprint density at radius 2 is 1.79 bits per heavy atom. The maximum Gasteiger partial charge on any atom is 0.408 e. The minimum absolute atomic E-state index is 0.118. The van der Waals surface area contributed by atoms with E-state index < -0.39 is 24.1 Å². The molecule has 0 heterocycles. The Balaban J connectivity index is 1.86. The second-order valence-electron chi connectivity index (χ2n) is 7.32. The number of rotatable bonds is 8. The summed E-state index contributed by atoms with van der Waals surface area (Å²) in [6.07, 6.45) is 1.74. The zero-order chi connectivity index (χ0) is 20.5. The number of hydrogen-bond acceptors (Lipinski definition) is 5. The molecule has 1 aromatic carbocycles. The fourth-order valence-electron chi connectivity index (χ4n) is 3.23. The van der Waals surface area contributed by atoms with Gasteiger partial charge < -0.3 is 19.9 Å². The van der Waals surface area contributed by atoms with E-state index in [0.29, 0.717) is 32.1 Å². The van der Waals surface area contributed by atoms with Gasteiger partial charge in [-0.3, -0.25) is 4.79 Å². The van der Waals surface area contributed by atoms with Crippen LogP contribution in [0, 0.1) is 11.8 Å². The van der Waals surface area contributed by atoms with E-state index in [9.17, 15) is 14.4 Å². The molecular weight excluding hydrogens is 362 g/mol. The van der Waals surface area contributed by atoms with Gasteiger partial charge in [-0.1, -0.05) is 50.6 Å². The summed E-state index contributed by atoms with van der Waals surface area (Å²) < 4.78 is 10.8. The average molecular weight is 391 g/mol. The molecule has 1 amide bonds. The van der Waals surface area contributed by atoms with Crippen LogP contribution < -0.4 is 5.32 Å². The van der Waals surface area contributed by atoms with Gasteiger partial charge in [0.15, 0.2) is 0 Å². The fraction of sp³-hybridized carbons (Fsp3) is 0.571. The number of nitrogens with one attached hydrogen (secondary N) is 1. The SMILES string of the molecule is CC[C@H](C)[C@H](NC(=O)OCc1ccccc1)C(=O)OC1CCC(C(=O)O)CC1. The third-order valence-corrected chi connectivity index (χ3v) is 5.26. The van der Waals surface area contributed by atoms with Crippen LogP contribution in [-0.2, 0) is 25.7 Å². The number of amides is 1. The minimum Gasteiger partial charge on any atom is -0.481 e. The highest BCUT2D eigenvalue weighted by atomic mass is 16.6. The summed E-state index contributed by atoms with van der Waals surface area (Å²) in [7, 11) is 0. The lowest BCUT2D eigenvalue weighted by molar-refractivity contribution is -0.156. The van der Waals surface area contributed by atoms with E-state index >= 15 is 0 Å². The van der Waals surface area contributed by atoms with Crippen molar-refractivity contribution in [1.29, 1.82) is 0 Å². The lowest BCUT2D eigenvalue weighted by atomic mass is 9.87. The third-order valence-electron chi connectivity index (χ3n) is 5.26. The number of ether oxygens (including phenoxy) is 2. The van der Waals surface area contributed by atoms with Crippen molar-refractivity contribution in [2.24, 2.45) is 11.8 Å². The van der Waals surface area contributed by atoms with Crippen molar-refractivity contribution < 1.29 is 29.0 Å². The molecule has 7 heteroatoms. The first kappa shape index (κ1) is 21.7. The lowest BCUT2D eigenvalue weighted by Gasteiger charge is -2.29. The Kier molecular flexibility index (Phi) is 8.29. The molecule has 154 valence electrons. The molecule has 1 aromatic rings. The Bertz CT molecular complexity index is 654. The molecule has 0 spiro atoms. The van der Waals surface area contributed by atoms with Crippen LogP contribution in [0.1, 0.15) is 51.5 Å². The van der Waals surface area contributed by atoms with E-state index in [-0.39, 0.29) is 24.5 Å². The third kappa shape index (κ3) is 6.55. The van der Waals surface area contributed by atoms with Gasteiger partial charge in [-0.05, 0) is 37.2 Å². The average Bonchev–Trinajstić information content (AvgIpc) is 2.71. The molecule has 1 aliphatic carbocycles. The van der Waals surface area contributed by atoms with E-state index in [0.717, 1.165) is 5.56 Å². The Labute approximate surface area is 165 Å². The van der Waals surface area contributed by atoms with Crippen molar-refractivity contribution in [3.05, 3.63) is 35.9 Å². The molecule has 0 aromatic heterocycles. The van der Waals surface area contributed by atoms with Gasteiger partial charge in [0.05, 0.1) is 5.92 Å². The van der Waals surface area contributed by atoms with Crippen LogP contribution >= 0.6 is 0 Å². The van der Waals surface area contributed by atoms with Crippen LogP contribution in [0.25, 0.3) is 0 Å². The molecule has 7 nitrogen and oxygen atoms in total. The van der Waals surface area contributed by atoms with E-state index in [1.54, 1.807) is 0 Å². The van der Waals surface area contributed by atoms with Gasteiger partial charge >= 0.3 is 18.0 Å². The molecule has 1 fully saturated rings. The second kappa shape index (κ2) is 10.7. The highest BCUT2D eigenvalue weighted by Crippen LogP contribution is 2.27. The summed E-state index contributed by atoms with van der Waals surface area (Å²) in [5, 5.41) is 11.7.